The summed E-state index contributed by atoms with van der Waals surface area (Å²) in [6.45, 7) is 0. The van der Waals surface area contributed by atoms with E-state index in [0.29, 0.717) is 0 Å². The Bertz CT molecular complexity index is 6840. The van der Waals surface area contributed by atoms with E-state index in [2.05, 4.69) is 382 Å². The third-order valence-electron chi connectivity index (χ3n) is 21.1. The van der Waals surface area contributed by atoms with Crippen molar-refractivity contribution in [2.45, 2.75) is 0 Å². The average Bonchev–Trinajstić information content (AvgIpc) is 1.56. The van der Waals surface area contributed by atoms with Gasteiger partial charge in [0.2, 0.25) is 0 Å². The van der Waals surface area contributed by atoms with E-state index in [-0.39, 0.29) is 0 Å². The molecule has 470 valence electrons. The van der Waals surface area contributed by atoms with Crippen molar-refractivity contribution in [1.82, 2.24) is 18.3 Å². The Morgan fingerprint density at radius 3 is 0.901 bits per heavy atom. The summed E-state index contributed by atoms with van der Waals surface area (Å²) >= 11 is 1.88. The minimum Gasteiger partial charge on any atom is -0.309 e. The SMILES string of the molecule is c1ccc(-c2cc(-c3ccccc3)cc(-n3c4ccccc4c4cc5c6ccccc6n(-c6cccc(-c7ccc(-c8ccc(-c9ccc(-c%10cccc(-n%11c%12ccccc%12c%12cc%13c%14ccccc%14n(-c%14cccc%15c%14sc%14ccccc%14%15)c%13cc%12%11)c%10)cc9)cc8)cc7)c6)c5cc43)c2)cc1. The van der Waals surface area contributed by atoms with Crippen molar-refractivity contribution in [1.29, 1.82) is 0 Å². The maximum absolute atomic E-state index is 2.50. The van der Waals surface area contributed by atoms with Crippen LogP contribution in [0.15, 0.2) is 364 Å². The van der Waals surface area contributed by atoms with Crippen LogP contribution in [0.5, 0.6) is 0 Å². The predicted octanol–water partition coefficient (Wildman–Crippen LogP) is 26.4. The number of thiophene rings is 1. The fourth-order valence-electron chi connectivity index (χ4n) is 16.4. The number of nitrogens with zero attached hydrogens (tertiary/aromatic N) is 4. The molecule has 21 rings (SSSR count). The van der Waals surface area contributed by atoms with Gasteiger partial charge in [0.25, 0.3) is 0 Å². The van der Waals surface area contributed by atoms with Crippen LogP contribution >= 0.6 is 11.3 Å². The molecule has 0 aliphatic rings. The number of para-hydroxylation sites is 4. The lowest BCUT2D eigenvalue weighted by Gasteiger charge is -2.14. The minimum atomic E-state index is 1.12. The summed E-state index contributed by atoms with van der Waals surface area (Å²) in [4.78, 5) is 0. The molecule has 0 aliphatic carbocycles. The molecule has 21 aromatic rings. The van der Waals surface area contributed by atoms with Crippen LogP contribution in [0.25, 0.3) is 197 Å². The highest BCUT2D eigenvalue weighted by Gasteiger charge is 2.23. The second-order valence-corrected chi connectivity index (χ2v) is 27.8. The van der Waals surface area contributed by atoms with Crippen molar-refractivity contribution in [2.75, 3.05) is 0 Å². The predicted molar refractivity (Wildman–Crippen MR) is 429 cm³/mol. The van der Waals surface area contributed by atoms with Gasteiger partial charge in [-0.1, -0.05) is 261 Å². The average molecular weight is 1300 g/mol. The minimum absolute atomic E-state index is 1.12. The van der Waals surface area contributed by atoms with Crippen LogP contribution in [-0.4, -0.2) is 18.3 Å². The normalized spacial score (nSPS) is 12.0. The molecule has 0 saturated carbocycles. The molecular formula is C96H60N4S. The van der Waals surface area contributed by atoms with Crippen LogP contribution in [0.3, 0.4) is 0 Å². The van der Waals surface area contributed by atoms with Crippen molar-refractivity contribution in [3.05, 3.63) is 364 Å². The molecule has 0 bridgehead atoms. The van der Waals surface area contributed by atoms with Crippen molar-refractivity contribution >= 4 is 119 Å². The van der Waals surface area contributed by atoms with Gasteiger partial charge in [0, 0.05) is 75.6 Å². The van der Waals surface area contributed by atoms with Crippen molar-refractivity contribution in [3.8, 4) is 89.5 Å². The van der Waals surface area contributed by atoms with Gasteiger partial charge in [0.05, 0.1) is 54.5 Å². The molecule has 0 saturated heterocycles. The first-order chi connectivity index (χ1) is 50.1. The van der Waals surface area contributed by atoms with E-state index in [0.717, 1.165) is 22.6 Å². The lowest BCUT2D eigenvalue weighted by atomic mass is 9.97. The number of hydrogen-bond acceptors (Lipinski definition) is 1. The van der Waals surface area contributed by atoms with Crippen molar-refractivity contribution in [2.24, 2.45) is 0 Å². The van der Waals surface area contributed by atoms with Gasteiger partial charge < -0.3 is 18.3 Å². The summed E-state index contributed by atoms with van der Waals surface area (Å²) in [5.74, 6) is 0. The van der Waals surface area contributed by atoms with E-state index < -0.39 is 0 Å². The lowest BCUT2D eigenvalue weighted by molar-refractivity contribution is 1.17. The smallest absolute Gasteiger partial charge is 0.0640 e. The number of aromatic nitrogens is 4. The Morgan fingerprint density at radius 1 is 0.158 bits per heavy atom. The highest BCUT2D eigenvalue weighted by atomic mass is 32.1. The van der Waals surface area contributed by atoms with E-state index in [1.807, 2.05) is 11.3 Å². The molecule has 0 amide bonds. The number of hydrogen-bond donors (Lipinski definition) is 0. The van der Waals surface area contributed by atoms with E-state index in [4.69, 9.17) is 0 Å². The molecule has 16 aromatic carbocycles. The van der Waals surface area contributed by atoms with Gasteiger partial charge >= 0.3 is 0 Å². The van der Waals surface area contributed by atoms with Gasteiger partial charge in [0.1, 0.15) is 0 Å². The van der Waals surface area contributed by atoms with E-state index in [1.165, 1.54) is 174 Å². The summed E-state index contributed by atoms with van der Waals surface area (Å²) in [6.07, 6.45) is 0. The summed E-state index contributed by atoms with van der Waals surface area (Å²) in [5, 5.41) is 12.5. The maximum Gasteiger partial charge on any atom is 0.0640 e. The maximum atomic E-state index is 2.50. The van der Waals surface area contributed by atoms with Gasteiger partial charge in [-0.15, -0.1) is 11.3 Å². The van der Waals surface area contributed by atoms with Gasteiger partial charge in [-0.3, -0.25) is 0 Å². The molecule has 101 heavy (non-hydrogen) atoms. The first-order valence-corrected chi connectivity index (χ1v) is 35.5. The highest BCUT2D eigenvalue weighted by Crippen LogP contribution is 2.46. The van der Waals surface area contributed by atoms with Gasteiger partial charge in [-0.05, 0) is 170 Å². The number of fused-ring (bicyclic) bond motifs is 15. The van der Waals surface area contributed by atoms with Crippen LogP contribution in [0.4, 0.5) is 0 Å². The summed E-state index contributed by atoms with van der Waals surface area (Å²) in [5.41, 5.74) is 28.2. The molecule has 0 spiro atoms. The van der Waals surface area contributed by atoms with E-state index >= 15 is 0 Å². The lowest BCUT2D eigenvalue weighted by Crippen LogP contribution is -1.97. The van der Waals surface area contributed by atoms with Crippen LogP contribution in [0.1, 0.15) is 0 Å². The Labute approximate surface area is 586 Å². The monoisotopic (exact) mass is 1300 g/mol. The standard InChI is InChI=1S/C96H60N4S/c1-3-20-61(21-4-1)71-52-72(62-22-5-2-6-23-62)56-75(55-71)99-88-36-14-9-30-78(88)84-57-82-76-28-7-12-34-86(76)97(91(82)59-93(84)99)73-26-17-24-69(53-73)67-48-44-65(45-49-67)63-40-42-64(43-41-63)66-46-50-68(51-47-66)70-25-18-27-74(54-70)98-87-35-13-8-29-77(87)83-58-85-79-31-10-15-37-89(79)100(94(85)60-92(83)98)90-38-19-33-81-80-32-11-16-39-95(80)101-96(81)90/h1-60H. The Morgan fingerprint density at radius 2 is 0.465 bits per heavy atom. The third-order valence-corrected chi connectivity index (χ3v) is 22.4. The van der Waals surface area contributed by atoms with Crippen molar-refractivity contribution < 1.29 is 0 Å². The molecule has 0 fully saturated rings. The van der Waals surface area contributed by atoms with E-state index in [9.17, 15) is 0 Å². The molecule has 5 heteroatoms. The Balaban J connectivity index is 0.583. The quantitative estimate of drug-likeness (QED) is 0.130. The first kappa shape index (κ1) is 57.1. The molecule has 0 N–H and O–H groups in total. The molecule has 4 nitrogen and oxygen atoms in total. The number of benzene rings is 16. The second-order valence-electron chi connectivity index (χ2n) is 26.8. The summed E-state index contributed by atoms with van der Waals surface area (Å²) < 4.78 is 12.5. The first-order valence-electron chi connectivity index (χ1n) is 34.7. The second kappa shape index (κ2) is 22.8. The summed E-state index contributed by atoms with van der Waals surface area (Å²) in [6, 6.07) is 135. The molecule has 5 aromatic heterocycles. The van der Waals surface area contributed by atoms with Crippen LogP contribution in [-0.2, 0) is 0 Å². The fourth-order valence-corrected chi connectivity index (χ4v) is 17.6. The molecular weight excluding hydrogens is 1240 g/mol. The zero-order valence-electron chi connectivity index (χ0n) is 54.8. The highest BCUT2D eigenvalue weighted by molar-refractivity contribution is 7.26. The Kier molecular flexibility index (Phi) is 12.9. The largest absolute Gasteiger partial charge is 0.309 e. The van der Waals surface area contributed by atoms with Gasteiger partial charge in [0.15, 0.2) is 0 Å². The Hall–Kier alpha value is -13.1. The molecule has 0 aliphatic heterocycles. The zero-order valence-corrected chi connectivity index (χ0v) is 55.7. The van der Waals surface area contributed by atoms with E-state index in [1.54, 1.807) is 0 Å². The number of rotatable bonds is 10. The van der Waals surface area contributed by atoms with Crippen LogP contribution in [0.2, 0.25) is 0 Å². The fraction of sp³-hybridized carbons (Fsp3) is 0. The van der Waals surface area contributed by atoms with Crippen molar-refractivity contribution in [3.63, 3.8) is 0 Å². The molecule has 0 atom stereocenters. The van der Waals surface area contributed by atoms with Gasteiger partial charge in [-0.25, -0.2) is 0 Å². The van der Waals surface area contributed by atoms with Crippen LogP contribution in [0, 0.1) is 0 Å². The molecule has 0 unspecified atom stereocenters. The topological polar surface area (TPSA) is 19.7 Å². The molecule has 5 heterocycles. The zero-order chi connectivity index (χ0) is 66.2. The molecule has 0 radical (unpaired) electrons. The van der Waals surface area contributed by atoms with Gasteiger partial charge in [-0.2, -0.15) is 0 Å². The summed E-state index contributed by atoms with van der Waals surface area (Å²) in [7, 11) is 0. The van der Waals surface area contributed by atoms with Crippen LogP contribution < -0.4 is 0 Å². The third kappa shape index (κ3) is 9.14.